The van der Waals surface area contributed by atoms with Crippen molar-refractivity contribution in [1.29, 1.82) is 0 Å². The van der Waals surface area contributed by atoms with E-state index in [0.717, 1.165) is 35.7 Å². The average molecular weight is 465 g/mol. The number of methoxy groups -OCH3 is 1. The Balaban J connectivity index is 1.73. The fourth-order valence-electron chi connectivity index (χ4n) is 6.33. The predicted molar refractivity (Wildman–Crippen MR) is 141 cm³/mol. The molecule has 1 aliphatic heterocycles. The molecule has 1 aliphatic carbocycles. The summed E-state index contributed by atoms with van der Waals surface area (Å²) in [5, 5.41) is 0. The summed E-state index contributed by atoms with van der Waals surface area (Å²) in [4.78, 5) is 0. The molecule has 1 saturated carbocycles. The van der Waals surface area contributed by atoms with Crippen LogP contribution in [0.2, 0.25) is 16.6 Å². The summed E-state index contributed by atoms with van der Waals surface area (Å²) in [6.45, 7) is 14.0. The van der Waals surface area contributed by atoms with E-state index in [9.17, 15) is 0 Å². The van der Waals surface area contributed by atoms with Gasteiger partial charge >= 0.3 is 0 Å². The van der Waals surface area contributed by atoms with Gasteiger partial charge in [0.25, 0.3) is 8.32 Å². The summed E-state index contributed by atoms with van der Waals surface area (Å²) in [7, 11) is -0.302. The van der Waals surface area contributed by atoms with Crippen LogP contribution in [0, 0.1) is 0 Å². The lowest BCUT2D eigenvalue weighted by molar-refractivity contribution is 0.136. The largest absolute Gasteiger partial charge is 0.543 e. The first-order chi connectivity index (χ1) is 15.7. The molecule has 1 fully saturated rings. The first-order valence-corrected chi connectivity index (χ1v) is 14.7. The van der Waals surface area contributed by atoms with Crippen molar-refractivity contribution in [3.63, 3.8) is 0 Å². The molecule has 0 N–H and O–H groups in total. The molecule has 1 heterocycles. The Kier molecular flexibility index (Phi) is 6.68. The minimum absolute atomic E-state index is 0.247. The van der Waals surface area contributed by atoms with E-state index in [-0.39, 0.29) is 5.60 Å². The van der Waals surface area contributed by atoms with E-state index in [4.69, 9.17) is 13.9 Å². The van der Waals surface area contributed by atoms with Crippen molar-refractivity contribution in [3.8, 4) is 17.2 Å². The van der Waals surface area contributed by atoms with Crippen molar-refractivity contribution in [2.24, 2.45) is 0 Å². The second-order valence-electron chi connectivity index (χ2n) is 10.7. The fraction of sp³-hybridized carbons (Fsp3) is 0.517. The van der Waals surface area contributed by atoms with E-state index in [1.165, 1.54) is 24.0 Å². The molecule has 3 nitrogen and oxygen atoms in total. The van der Waals surface area contributed by atoms with Crippen molar-refractivity contribution in [1.82, 2.24) is 0 Å². The fourth-order valence-corrected chi connectivity index (χ4v) is 11.6. The van der Waals surface area contributed by atoms with Crippen LogP contribution in [0.1, 0.15) is 78.4 Å². The van der Waals surface area contributed by atoms with Crippen LogP contribution in [0.15, 0.2) is 42.5 Å². The van der Waals surface area contributed by atoms with Crippen LogP contribution in [0.25, 0.3) is 11.6 Å². The van der Waals surface area contributed by atoms with Crippen LogP contribution in [-0.2, 0) is 0 Å². The summed E-state index contributed by atoms with van der Waals surface area (Å²) in [6, 6.07) is 14.9. The van der Waals surface area contributed by atoms with Gasteiger partial charge in [-0.25, -0.2) is 0 Å². The average Bonchev–Trinajstić information content (AvgIpc) is 3.24. The van der Waals surface area contributed by atoms with Gasteiger partial charge in [-0.15, -0.1) is 0 Å². The molecule has 33 heavy (non-hydrogen) atoms. The minimum atomic E-state index is -2.01. The van der Waals surface area contributed by atoms with E-state index in [1.54, 1.807) is 7.11 Å². The molecule has 0 unspecified atom stereocenters. The second kappa shape index (κ2) is 9.21. The molecule has 2 aromatic carbocycles. The molecule has 0 amide bonds. The lowest BCUT2D eigenvalue weighted by atomic mass is 9.83. The van der Waals surface area contributed by atoms with Gasteiger partial charge in [0.05, 0.1) is 7.11 Å². The second-order valence-corrected chi connectivity index (χ2v) is 16.1. The zero-order chi connectivity index (χ0) is 23.8. The maximum atomic E-state index is 6.96. The van der Waals surface area contributed by atoms with Gasteiger partial charge in [-0.05, 0) is 78.2 Å². The number of benzene rings is 2. The molecule has 178 valence electrons. The number of fused-ring (bicyclic) bond motifs is 1. The van der Waals surface area contributed by atoms with Gasteiger partial charge in [0.15, 0.2) is 0 Å². The Labute approximate surface area is 201 Å². The van der Waals surface area contributed by atoms with Crippen molar-refractivity contribution in [2.75, 3.05) is 7.11 Å². The van der Waals surface area contributed by atoms with Gasteiger partial charge in [0.1, 0.15) is 22.8 Å². The van der Waals surface area contributed by atoms with Crippen molar-refractivity contribution in [2.45, 2.75) is 89.5 Å². The normalized spacial score (nSPS) is 17.3. The summed E-state index contributed by atoms with van der Waals surface area (Å²) in [5.74, 6) is 2.81. The van der Waals surface area contributed by atoms with Crippen molar-refractivity contribution in [3.05, 3.63) is 53.6 Å². The maximum absolute atomic E-state index is 6.96. The van der Waals surface area contributed by atoms with E-state index in [0.29, 0.717) is 16.6 Å². The first kappa shape index (κ1) is 23.9. The van der Waals surface area contributed by atoms with Gasteiger partial charge < -0.3 is 13.9 Å². The number of ether oxygens (including phenoxy) is 2. The third kappa shape index (κ3) is 4.23. The lowest BCUT2D eigenvalue weighted by Crippen LogP contribution is -2.50. The highest BCUT2D eigenvalue weighted by atomic mass is 28.4. The molecular formula is C29H40O3Si. The smallest absolute Gasteiger partial charge is 0.258 e. The summed E-state index contributed by atoms with van der Waals surface area (Å²) >= 11 is 0. The Morgan fingerprint density at radius 3 is 1.94 bits per heavy atom. The molecule has 4 rings (SSSR count). The molecule has 0 saturated heterocycles. The van der Waals surface area contributed by atoms with Crippen molar-refractivity contribution >= 4 is 20.0 Å². The standard InChI is InChI=1S/C29H40O3Si/c1-20(2)33(21(3)4,22(5)6)32-26-15-12-24-18-27(23-10-13-25(30-7)14-11-23)29(16-8-9-17-29)31-28(24)19-26/h10-15,18-22H,8-9,16-17H2,1-7H3. The van der Waals surface area contributed by atoms with Gasteiger partial charge in [-0.3, -0.25) is 0 Å². The maximum Gasteiger partial charge on any atom is 0.258 e. The van der Waals surface area contributed by atoms with Crippen molar-refractivity contribution < 1.29 is 13.9 Å². The molecule has 0 atom stereocenters. The highest BCUT2D eigenvalue weighted by molar-refractivity contribution is 6.78. The van der Waals surface area contributed by atoms with E-state index in [1.807, 2.05) is 12.1 Å². The zero-order valence-corrected chi connectivity index (χ0v) is 22.4. The molecule has 1 spiro atoms. The minimum Gasteiger partial charge on any atom is -0.543 e. The van der Waals surface area contributed by atoms with E-state index in [2.05, 4.69) is 78.0 Å². The zero-order valence-electron chi connectivity index (χ0n) is 21.4. The topological polar surface area (TPSA) is 27.7 Å². The Morgan fingerprint density at radius 1 is 0.818 bits per heavy atom. The molecular weight excluding hydrogens is 424 g/mol. The van der Waals surface area contributed by atoms with Gasteiger partial charge in [0, 0.05) is 17.2 Å². The molecule has 0 aromatic heterocycles. The number of hydrogen-bond donors (Lipinski definition) is 0. The van der Waals surface area contributed by atoms with E-state index >= 15 is 0 Å². The van der Waals surface area contributed by atoms with Crippen LogP contribution in [0.5, 0.6) is 17.2 Å². The summed E-state index contributed by atoms with van der Waals surface area (Å²) in [6.07, 6.45) is 6.84. The van der Waals surface area contributed by atoms with Gasteiger partial charge in [-0.2, -0.15) is 0 Å². The highest BCUT2D eigenvalue weighted by Crippen LogP contribution is 2.50. The Bertz CT molecular complexity index is 976. The summed E-state index contributed by atoms with van der Waals surface area (Å²) < 4.78 is 19.2. The van der Waals surface area contributed by atoms with Crippen LogP contribution in [0.4, 0.5) is 0 Å². The Morgan fingerprint density at radius 2 is 1.39 bits per heavy atom. The third-order valence-electron chi connectivity index (χ3n) is 7.90. The van der Waals surface area contributed by atoms with Crippen LogP contribution in [-0.4, -0.2) is 21.0 Å². The van der Waals surface area contributed by atoms with Crippen LogP contribution in [0.3, 0.4) is 0 Å². The quantitative estimate of drug-likeness (QED) is 0.384. The first-order valence-electron chi connectivity index (χ1n) is 12.6. The van der Waals surface area contributed by atoms with Gasteiger partial charge in [-0.1, -0.05) is 53.7 Å². The molecule has 0 radical (unpaired) electrons. The third-order valence-corrected chi connectivity index (χ3v) is 13.9. The van der Waals surface area contributed by atoms with Crippen LogP contribution >= 0.6 is 0 Å². The Hall–Kier alpha value is -2.20. The van der Waals surface area contributed by atoms with Gasteiger partial charge in [0.2, 0.25) is 0 Å². The molecule has 2 aliphatic rings. The monoisotopic (exact) mass is 464 g/mol. The summed E-state index contributed by atoms with van der Waals surface area (Å²) in [5.41, 5.74) is 5.01. The number of hydrogen-bond acceptors (Lipinski definition) is 3. The number of rotatable bonds is 7. The predicted octanol–water partition coefficient (Wildman–Crippen LogP) is 8.50. The highest BCUT2D eigenvalue weighted by Gasteiger charge is 2.47. The lowest BCUT2D eigenvalue weighted by Gasteiger charge is -2.42. The molecule has 2 aromatic rings. The SMILES string of the molecule is COc1ccc(C2=Cc3ccc(O[Si](C(C)C)(C(C)C)C(C)C)cc3OC23CCCC3)cc1. The molecule has 0 bridgehead atoms. The van der Waals surface area contributed by atoms with E-state index < -0.39 is 8.32 Å². The molecule has 4 heteroatoms. The van der Waals surface area contributed by atoms with Crippen LogP contribution < -0.4 is 13.9 Å².